The standard InChI is InChI=1S/C11H9FN2S.BrH/c12-9-3-1-2-8(6-9)10-7-15-11-13-4-5-14(10)11;/h1-3,6-7H,4-5H2;1H. The molecule has 0 fully saturated rings. The van der Waals surface area contributed by atoms with E-state index in [0.29, 0.717) is 0 Å². The highest BCUT2D eigenvalue weighted by molar-refractivity contribution is 8.93. The van der Waals surface area contributed by atoms with Crippen molar-refractivity contribution >= 4 is 39.6 Å². The maximum atomic E-state index is 13.1. The molecule has 0 unspecified atom stereocenters. The zero-order valence-corrected chi connectivity index (χ0v) is 10.9. The lowest BCUT2D eigenvalue weighted by atomic mass is 10.1. The first kappa shape index (κ1) is 11.7. The number of halogens is 2. The molecule has 0 spiro atoms. The number of thioether (sulfide) groups is 1. The molecule has 84 valence electrons. The van der Waals surface area contributed by atoms with Crippen LogP contribution in [0.5, 0.6) is 0 Å². The Morgan fingerprint density at radius 3 is 3.06 bits per heavy atom. The molecule has 1 aromatic carbocycles. The molecule has 0 amide bonds. The highest BCUT2D eigenvalue weighted by Gasteiger charge is 2.26. The predicted octanol–water partition coefficient (Wildman–Crippen LogP) is 3.12. The normalized spacial score (nSPS) is 17.7. The minimum absolute atomic E-state index is 0. The maximum absolute atomic E-state index is 13.1. The van der Waals surface area contributed by atoms with Gasteiger partial charge in [0.1, 0.15) is 5.82 Å². The highest BCUT2D eigenvalue weighted by Crippen LogP contribution is 2.35. The van der Waals surface area contributed by atoms with Crippen molar-refractivity contribution in [3.8, 4) is 0 Å². The molecule has 1 aromatic rings. The molecule has 5 heteroatoms. The number of aliphatic imine (C=N–C) groups is 1. The van der Waals surface area contributed by atoms with E-state index in [4.69, 9.17) is 0 Å². The van der Waals surface area contributed by atoms with Crippen molar-refractivity contribution in [3.63, 3.8) is 0 Å². The summed E-state index contributed by atoms with van der Waals surface area (Å²) in [5.41, 5.74) is 1.99. The fourth-order valence-corrected chi connectivity index (χ4v) is 2.76. The van der Waals surface area contributed by atoms with Crippen LogP contribution in [0.4, 0.5) is 4.39 Å². The van der Waals surface area contributed by atoms with Gasteiger partial charge in [0.25, 0.3) is 0 Å². The lowest BCUT2D eigenvalue weighted by Crippen LogP contribution is -2.19. The molecule has 0 saturated carbocycles. The van der Waals surface area contributed by atoms with Gasteiger partial charge in [0.15, 0.2) is 5.17 Å². The summed E-state index contributed by atoms with van der Waals surface area (Å²) in [6.45, 7) is 1.75. The highest BCUT2D eigenvalue weighted by atomic mass is 79.9. The van der Waals surface area contributed by atoms with Crippen LogP contribution in [0.2, 0.25) is 0 Å². The summed E-state index contributed by atoms with van der Waals surface area (Å²) in [7, 11) is 0. The average Bonchev–Trinajstić information content (AvgIpc) is 2.77. The number of hydrogen-bond donors (Lipinski definition) is 0. The minimum Gasteiger partial charge on any atom is -0.318 e. The topological polar surface area (TPSA) is 15.6 Å². The monoisotopic (exact) mass is 300 g/mol. The zero-order chi connectivity index (χ0) is 10.3. The van der Waals surface area contributed by atoms with Crippen molar-refractivity contribution in [1.82, 2.24) is 4.90 Å². The zero-order valence-electron chi connectivity index (χ0n) is 8.39. The Hall–Kier alpha value is -0.810. The van der Waals surface area contributed by atoms with Crippen LogP contribution in [0.15, 0.2) is 34.7 Å². The van der Waals surface area contributed by atoms with Gasteiger partial charge < -0.3 is 4.90 Å². The Balaban J connectivity index is 0.000000963. The first-order valence-electron chi connectivity index (χ1n) is 4.79. The van der Waals surface area contributed by atoms with E-state index in [9.17, 15) is 4.39 Å². The van der Waals surface area contributed by atoms with E-state index in [-0.39, 0.29) is 22.8 Å². The summed E-state index contributed by atoms with van der Waals surface area (Å²) in [5.74, 6) is -0.192. The Labute approximate surface area is 108 Å². The number of fused-ring (bicyclic) bond motifs is 1. The van der Waals surface area contributed by atoms with E-state index in [0.717, 1.165) is 29.5 Å². The van der Waals surface area contributed by atoms with Gasteiger partial charge in [0.05, 0.1) is 12.2 Å². The van der Waals surface area contributed by atoms with Crippen LogP contribution in [0.25, 0.3) is 5.70 Å². The second-order valence-corrected chi connectivity index (χ2v) is 4.28. The summed E-state index contributed by atoms with van der Waals surface area (Å²) >= 11 is 1.61. The van der Waals surface area contributed by atoms with Gasteiger partial charge in [-0.25, -0.2) is 4.39 Å². The van der Waals surface area contributed by atoms with E-state index in [1.165, 1.54) is 6.07 Å². The lowest BCUT2D eigenvalue weighted by Gasteiger charge is -2.16. The number of hydrogen-bond acceptors (Lipinski definition) is 3. The average molecular weight is 301 g/mol. The summed E-state index contributed by atoms with van der Waals surface area (Å²) in [4.78, 5) is 6.49. The number of amidine groups is 1. The van der Waals surface area contributed by atoms with Crippen molar-refractivity contribution in [2.75, 3.05) is 13.1 Å². The van der Waals surface area contributed by atoms with Crippen molar-refractivity contribution in [2.24, 2.45) is 4.99 Å². The molecule has 0 N–H and O–H groups in total. The molecule has 2 heterocycles. The van der Waals surface area contributed by atoms with E-state index < -0.39 is 0 Å². The van der Waals surface area contributed by atoms with Gasteiger partial charge in [-0.3, -0.25) is 4.99 Å². The second-order valence-electron chi connectivity index (χ2n) is 3.45. The molecule has 0 saturated heterocycles. The Bertz CT molecular complexity index is 473. The molecule has 2 nitrogen and oxygen atoms in total. The summed E-state index contributed by atoms with van der Waals surface area (Å²) < 4.78 is 13.1. The summed E-state index contributed by atoms with van der Waals surface area (Å²) in [5, 5.41) is 3.07. The molecule has 0 atom stereocenters. The SMILES string of the molecule is Br.Fc1cccc(C2=CSC3=NCCN23)c1. The summed E-state index contributed by atoms with van der Waals surface area (Å²) in [6, 6.07) is 6.69. The van der Waals surface area contributed by atoms with Gasteiger partial charge in [-0.15, -0.1) is 17.0 Å². The quantitative estimate of drug-likeness (QED) is 0.792. The van der Waals surface area contributed by atoms with E-state index in [1.54, 1.807) is 23.9 Å². The third-order valence-electron chi connectivity index (χ3n) is 2.49. The first-order valence-corrected chi connectivity index (χ1v) is 5.67. The van der Waals surface area contributed by atoms with Gasteiger partial charge in [-0.05, 0) is 12.1 Å². The third-order valence-corrected chi connectivity index (χ3v) is 3.39. The molecule has 2 aliphatic rings. The Morgan fingerprint density at radius 2 is 2.25 bits per heavy atom. The molecule has 0 radical (unpaired) electrons. The largest absolute Gasteiger partial charge is 0.318 e. The van der Waals surface area contributed by atoms with Crippen LogP contribution in [0, 0.1) is 5.82 Å². The van der Waals surface area contributed by atoms with Gasteiger partial charge >= 0.3 is 0 Å². The summed E-state index contributed by atoms with van der Waals surface area (Å²) in [6.07, 6.45) is 0. The molecular weight excluding hydrogens is 291 g/mol. The third kappa shape index (κ3) is 1.89. The van der Waals surface area contributed by atoms with Crippen LogP contribution < -0.4 is 0 Å². The van der Waals surface area contributed by atoms with E-state index >= 15 is 0 Å². The molecule has 16 heavy (non-hydrogen) atoms. The van der Waals surface area contributed by atoms with Crippen LogP contribution in [-0.4, -0.2) is 23.2 Å². The second kappa shape index (κ2) is 4.59. The van der Waals surface area contributed by atoms with Crippen molar-refractivity contribution < 1.29 is 4.39 Å². The fourth-order valence-electron chi connectivity index (χ4n) is 1.79. The van der Waals surface area contributed by atoms with Gasteiger partial charge in [0, 0.05) is 17.5 Å². The first-order chi connectivity index (χ1) is 7.34. The van der Waals surface area contributed by atoms with Gasteiger partial charge in [-0.1, -0.05) is 23.9 Å². The number of nitrogens with zero attached hydrogens (tertiary/aromatic N) is 2. The van der Waals surface area contributed by atoms with E-state index in [1.807, 2.05) is 11.5 Å². The molecular formula is C11H10BrFN2S. The molecule has 3 rings (SSSR count). The Morgan fingerprint density at radius 1 is 1.38 bits per heavy atom. The fraction of sp³-hybridized carbons (Fsp3) is 0.182. The van der Waals surface area contributed by atoms with Gasteiger partial charge in [-0.2, -0.15) is 0 Å². The van der Waals surface area contributed by atoms with Crippen molar-refractivity contribution in [2.45, 2.75) is 0 Å². The number of benzene rings is 1. The Kier molecular flexibility index (Phi) is 3.35. The van der Waals surface area contributed by atoms with E-state index in [2.05, 4.69) is 9.89 Å². The van der Waals surface area contributed by atoms with Crippen molar-refractivity contribution in [3.05, 3.63) is 41.1 Å². The lowest BCUT2D eigenvalue weighted by molar-refractivity contribution is 0.622. The van der Waals surface area contributed by atoms with Crippen LogP contribution in [0.1, 0.15) is 5.56 Å². The van der Waals surface area contributed by atoms with Gasteiger partial charge in [0.2, 0.25) is 0 Å². The number of rotatable bonds is 1. The van der Waals surface area contributed by atoms with Crippen LogP contribution >= 0.6 is 28.7 Å². The maximum Gasteiger partial charge on any atom is 0.168 e. The molecule has 2 aliphatic heterocycles. The molecule has 0 aliphatic carbocycles. The predicted molar refractivity (Wildman–Crippen MR) is 71.3 cm³/mol. The van der Waals surface area contributed by atoms with Crippen LogP contribution in [0.3, 0.4) is 0 Å². The molecule has 0 aromatic heterocycles. The van der Waals surface area contributed by atoms with Crippen molar-refractivity contribution in [1.29, 1.82) is 0 Å². The molecule has 0 bridgehead atoms. The van der Waals surface area contributed by atoms with Crippen LogP contribution in [-0.2, 0) is 0 Å². The smallest absolute Gasteiger partial charge is 0.168 e. The minimum atomic E-state index is -0.192.